The molecule has 2 rings (SSSR count). The molecule has 2 unspecified atom stereocenters. The molecule has 108 valence electrons. The van der Waals surface area contributed by atoms with Crippen LogP contribution in [0.1, 0.15) is 55.8 Å². The van der Waals surface area contributed by atoms with Gasteiger partial charge in [0.05, 0.1) is 24.2 Å². The minimum Gasteiger partial charge on any atom is -0.395 e. The van der Waals surface area contributed by atoms with Gasteiger partial charge in [0.2, 0.25) is 0 Å². The van der Waals surface area contributed by atoms with Crippen molar-refractivity contribution in [1.29, 1.82) is 0 Å². The summed E-state index contributed by atoms with van der Waals surface area (Å²) in [5.74, 6) is 0.483. The highest BCUT2D eigenvalue weighted by Gasteiger charge is 2.29. The Morgan fingerprint density at radius 1 is 1.53 bits per heavy atom. The van der Waals surface area contributed by atoms with Crippen LogP contribution < -0.4 is 0 Å². The Labute approximate surface area is 124 Å². The summed E-state index contributed by atoms with van der Waals surface area (Å²) in [5, 5.41) is 12.9. The molecule has 1 saturated heterocycles. The molecule has 3 nitrogen and oxygen atoms in total. The molecule has 1 aliphatic rings. The Kier molecular flexibility index (Phi) is 6.07. The Hall–Kier alpha value is -0.160. The van der Waals surface area contributed by atoms with Crippen molar-refractivity contribution in [2.45, 2.75) is 57.0 Å². The second-order valence-corrected chi connectivity index (χ2v) is 6.32. The molecule has 0 bridgehead atoms. The van der Waals surface area contributed by atoms with Crippen LogP contribution in [0.2, 0.25) is 0 Å². The second-order valence-electron chi connectivity index (χ2n) is 5.16. The van der Waals surface area contributed by atoms with Crippen LogP contribution in [0.15, 0.2) is 5.38 Å². The van der Waals surface area contributed by atoms with Gasteiger partial charge < -0.3 is 5.11 Å². The first-order valence-electron chi connectivity index (χ1n) is 7.17. The number of thiazole rings is 1. The van der Waals surface area contributed by atoms with Crippen LogP contribution in [0.25, 0.3) is 0 Å². The zero-order valence-electron chi connectivity index (χ0n) is 11.5. The SMILES string of the molecule is CCC(c1nc(CCl)cs1)N1CCCCCC1CO. The van der Waals surface area contributed by atoms with Gasteiger partial charge in [0.1, 0.15) is 5.01 Å². The number of aliphatic hydroxyl groups is 1. The number of halogens is 1. The topological polar surface area (TPSA) is 36.4 Å². The molecule has 1 fully saturated rings. The van der Waals surface area contributed by atoms with E-state index >= 15 is 0 Å². The molecule has 0 aromatic carbocycles. The summed E-state index contributed by atoms with van der Waals surface area (Å²) in [6, 6.07) is 0.619. The number of alkyl halides is 1. The van der Waals surface area contributed by atoms with Crippen LogP contribution in [-0.2, 0) is 5.88 Å². The molecule has 0 aliphatic carbocycles. The molecular weight excluding hydrogens is 280 g/mol. The summed E-state index contributed by atoms with van der Waals surface area (Å²) in [7, 11) is 0. The Bertz CT molecular complexity index is 385. The number of likely N-dealkylation sites (tertiary alicyclic amines) is 1. The number of nitrogens with zero attached hydrogens (tertiary/aromatic N) is 2. The molecule has 0 saturated carbocycles. The van der Waals surface area contributed by atoms with Crippen LogP contribution in [0.5, 0.6) is 0 Å². The van der Waals surface area contributed by atoms with Gasteiger partial charge in [0, 0.05) is 11.4 Å². The van der Waals surface area contributed by atoms with Crippen molar-refractivity contribution < 1.29 is 5.11 Å². The third-order valence-electron chi connectivity index (χ3n) is 3.91. The summed E-state index contributed by atoms with van der Waals surface area (Å²) in [4.78, 5) is 7.10. The van der Waals surface area contributed by atoms with Gasteiger partial charge >= 0.3 is 0 Å². The summed E-state index contributed by atoms with van der Waals surface area (Å²) in [6.07, 6.45) is 5.85. The molecule has 1 aromatic heterocycles. The lowest BCUT2D eigenvalue weighted by Gasteiger charge is -2.34. The monoisotopic (exact) mass is 302 g/mol. The van der Waals surface area contributed by atoms with Crippen LogP contribution in [-0.4, -0.2) is 34.2 Å². The number of rotatable bonds is 5. The maximum Gasteiger partial charge on any atom is 0.110 e. The summed E-state index contributed by atoms with van der Waals surface area (Å²) >= 11 is 7.55. The van der Waals surface area contributed by atoms with Gasteiger partial charge in [-0.1, -0.05) is 19.8 Å². The minimum absolute atomic E-state index is 0.254. The zero-order chi connectivity index (χ0) is 13.7. The molecule has 2 atom stereocenters. The van der Waals surface area contributed by atoms with E-state index in [0.29, 0.717) is 11.9 Å². The molecule has 0 spiro atoms. The largest absolute Gasteiger partial charge is 0.395 e. The first-order chi connectivity index (χ1) is 9.30. The predicted octanol–water partition coefficient (Wildman–Crippen LogP) is 3.57. The number of aliphatic hydroxyl groups excluding tert-OH is 1. The van der Waals surface area contributed by atoms with Crippen LogP contribution in [0.4, 0.5) is 0 Å². The summed E-state index contributed by atoms with van der Waals surface area (Å²) < 4.78 is 0. The van der Waals surface area contributed by atoms with E-state index in [1.54, 1.807) is 11.3 Å². The van der Waals surface area contributed by atoms with E-state index in [1.807, 2.05) is 0 Å². The standard InChI is InChI=1S/C14H23ClN2OS/c1-2-13(14-16-11(8-15)10-19-14)17-7-5-3-4-6-12(17)9-18/h10,12-13,18H,2-9H2,1H3. The second kappa shape index (κ2) is 7.58. The molecule has 19 heavy (non-hydrogen) atoms. The molecular formula is C14H23ClN2OS. The predicted molar refractivity (Wildman–Crippen MR) is 80.8 cm³/mol. The molecule has 2 heterocycles. The molecule has 1 aliphatic heterocycles. The van der Waals surface area contributed by atoms with Crippen molar-refractivity contribution in [2.75, 3.05) is 13.2 Å². The lowest BCUT2D eigenvalue weighted by molar-refractivity contribution is 0.0819. The van der Waals surface area contributed by atoms with Gasteiger partial charge in [-0.05, 0) is 25.8 Å². The Morgan fingerprint density at radius 3 is 3.00 bits per heavy atom. The smallest absolute Gasteiger partial charge is 0.110 e. The molecule has 1 aromatic rings. The Balaban J connectivity index is 2.18. The fraction of sp³-hybridized carbons (Fsp3) is 0.786. The van der Waals surface area contributed by atoms with Crippen molar-refractivity contribution in [3.63, 3.8) is 0 Å². The number of hydrogen-bond donors (Lipinski definition) is 1. The van der Waals surface area contributed by atoms with Crippen molar-refractivity contribution in [1.82, 2.24) is 9.88 Å². The molecule has 1 N–H and O–H groups in total. The van der Waals surface area contributed by atoms with Crippen molar-refractivity contribution in [3.8, 4) is 0 Å². The van der Waals surface area contributed by atoms with Crippen LogP contribution in [0, 0.1) is 0 Å². The highest BCUT2D eigenvalue weighted by Crippen LogP contribution is 2.32. The number of aromatic nitrogens is 1. The van der Waals surface area contributed by atoms with E-state index in [2.05, 4.69) is 22.2 Å². The average molecular weight is 303 g/mol. The van der Waals surface area contributed by atoms with E-state index in [9.17, 15) is 5.11 Å². The summed E-state index contributed by atoms with van der Waals surface area (Å²) in [5.41, 5.74) is 0.968. The van der Waals surface area contributed by atoms with Gasteiger partial charge in [-0.2, -0.15) is 0 Å². The van der Waals surface area contributed by atoms with E-state index in [1.165, 1.54) is 19.3 Å². The van der Waals surface area contributed by atoms with E-state index < -0.39 is 0 Å². The van der Waals surface area contributed by atoms with Crippen LogP contribution in [0.3, 0.4) is 0 Å². The van der Waals surface area contributed by atoms with Crippen molar-refractivity contribution in [2.24, 2.45) is 0 Å². The van der Waals surface area contributed by atoms with Crippen molar-refractivity contribution in [3.05, 3.63) is 16.1 Å². The van der Waals surface area contributed by atoms with E-state index in [4.69, 9.17) is 11.6 Å². The van der Waals surface area contributed by atoms with Gasteiger partial charge in [-0.25, -0.2) is 4.98 Å². The zero-order valence-corrected chi connectivity index (χ0v) is 13.1. The normalized spacial score (nSPS) is 23.2. The quantitative estimate of drug-likeness (QED) is 0.845. The minimum atomic E-state index is 0.254. The third kappa shape index (κ3) is 3.69. The first-order valence-corrected chi connectivity index (χ1v) is 8.58. The van der Waals surface area contributed by atoms with E-state index in [0.717, 1.165) is 30.1 Å². The molecule has 0 amide bonds. The van der Waals surface area contributed by atoms with Gasteiger partial charge in [0.25, 0.3) is 0 Å². The van der Waals surface area contributed by atoms with Gasteiger partial charge in [-0.15, -0.1) is 22.9 Å². The Morgan fingerprint density at radius 2 is 2.37 bits per heavy atom. The summed E-state index contributed by atoms with van der Waals surface area (Å²) in [6.45, 7) is 3.52. The number of hydrogen-bond acceptors (Lipinski definition) is 4. The fourth-order valence-electron chi connectivity index (χ4n) is 2.89. The maximum atomic E-state index is 9.65. The third-order valence-corrected chi connectivity index (χ3v) is 5.18. The lowest BCUT2D eigenvalue weighted by Crippen LogP contribution is -2.40. The van der Waals surface area contributed by atoms with Gasteiger partial charge in [0.15, 0.2) is 0 Å². The lowest BCUT2D eigenvalue weighted by atomic mass is 10.1. The molecule has 5 heteroatoms. The van der Waals surface area contributed by atoms with Crippen molar-refractivity contribution >= 4 is 22.9 Å². The highest BCUT2D eigenvalue weighted by atomic mass is 35.5. The first kappa shape index (κ1) is 15.2. The maximum absolute atomic E-state index is 9.65. The highest BCUT2D eigenvalue weighted by molar-refractivity contribution is 7.09. The van der Waals surface area contributed by atoms with E-state index in [-0.39, 0.29) is 12.6 Å². The van der Waals surface area contributed by atoms with Crippen LogP contribution >= 0.6 is 22.9 Å². The molecule has 0 radical (unpaired) electrons. The fourth-order valence-corrected chi connectivity index (χ4v) is 4.14. The van der Waals surface area contributed by atoms with Gasteiger partial charge in [-0.3, -0.25) is 4.90 Å². The average Bonchev–Trinajstić information content (AvgIpc) is 2.78.